The van der Waals surface area contributed by atoms with Crippen LogP contribution >= 0.6 is 11.3 Å². The highest BCUT2D eigenvalue weighted by atomic mass is 32.1. The molecule has 1 fully saturated rings. The molecule has 0 saturated carbocycles. The molecule has 8 heteroatoms. The van der Waals surface area contributed by atoms with Gasteiger partial charge < -0.3 is 19.3 Å². The molecule has 0 bridgehead atoms. The smallest absolute Gasteiger partial charge is 0.273 e. The van der Waals surface area contributed by atoms with Gasteiger partial charge in [0.2, 0.25) is 0 Å². The zero-order chi connectivity index (χ0) is 24.2. The van der Waals surface area contributed by atoms with Crippen molar-refractivity contribution in [3.63, 3.8) is 0 Å². The van der Waals surface area contributed by atoms with Crippen LogP contribution in [-0.2, 0) is 0 Å². The van der Waals surface area contributed by atoms with Gasteiger partial charge in [0.25, 0.3) is 11.8 Å². The Morgan fingerprint density at radius 2 is 1.50 bits per heavy atom. The Balaban J connectivity index is 1.38. The molecule has 3 aromatic rings. The van der Waals surface area contributed by atoms with Crippen LogP contribution in [0.5, 0.6) is 11.5 Å². The summed E-state index contributed by atoms with van der Waals surface area (Å²) in [6.45, 7) is 6.24. The lowest BCUT2D eigenvalue weighted by Crippen LogP contribution is -2.50. The number of rotatable bonds is 6. The molecule has 0 aliphatic carbocycles. The van der Waals surface area contributed by atoms with Gasteiger partial charge in [0, 0.05) is 42.7 Å². The standard InChI is InChI=1S/C26H29N3O4S/c1-17(2)18-5-7-19(8-6-18)25(30)28-11-13-29(14-12-28)26(31)21-16-34-24(27-21)20-9-10-22(32-3)23(15-20)33-4/h5-10,15-17H,11-14H2,1-4H3. The van der Waals surface area contributed by atoms with Crippen LogP contribution in [0.15, 0.2) is 47.8 Å². The normalized spacial score (nSPS) is 13.8. The number of hydrogen-bond acceptors (Lipinski definition) is 6. The van der Waals surface area contributed by atoms with Crippen LogP contribution in [0.3, 0.4) is 0 Å². The molecule has 0 radical (unpaired) electrons. The van der Waals surface area contributed by atoms with Crippen molar-refractivity contribution in [1.82, 2.24) is 14.8 Å². The summed E-state index contributed by atoms with van der Waals surface area (Å²) in [4.78, 5) is 34.0. The van der Waals surface area contributed by atoms with Crippen molar-refractivity contribution in [2.75, 3.05) is 40.4 Å². The predicted molar refractivity (Wildman–Crippen MR) is 133 cm³/mol. The largest absolute Gasteiger partial charge is 0.493 e. The number of hydrogen-bond donors (Lipinski definition) is 0. The summed E-state index contributed by atoms with van der Waals surface area (Å²) in [5.74, 6) is 1.57. The Bertz CT molecular complexity index is 1170. The monoisotopic (exact) mass is 479 g/mol. The number of ether oxygens (including phenoxy) is 2. The van der Waals surface area contributed by atoms with E-state index in [1.807, 2.05) is 47.4 Å². The van der Waals surface area contributed by atoms with E-state index >= 15 is 0 Å². The number of thiazole rings is 1. The van der Waals surface area contributed by atoms with Crippen molar-refractivity contribution < 1.29 is 19.1 Å². The fourth-order valence-corrected chi connectivity index (χ4v) is 4.73. The average Bonchev–Trinajstić information content (AvgIpc) is 3.38. The van der Waals surface area contributed by atoms with Crippen molar-refractivity contribution in [1.29, 1.82) is 0 Å². The molecule has 7 nitrogen and oxygen atoms in total. The van der Waals surface area contributed by atoms with Gasteiger partial charge in [-0.25, -0.2) is 4.98 Å². The van der Waals surface area contributed by atoms with E-state index in [0.29, 0.717) is 54.9 Å². The number of carbonyl (C=O) groups excluding carboxylic acids is 2. The Hall–Kier alpha value is -3.39. The summed E-state index contributed by atoms with van der Waals surface area (Å²) in [6, 6.07) is 13.4. The molecule has 2 heterocycles. The Labute approximate surface area is 203 Å². The van der Waals surface area contributed by atoms with Crippen molar-refractivity contribution in [3.05, 3.63) is 64.7 Å². The van der Waals surface area contributed by atoms with E-state index in [-0.39, 0.29) is 11.8 Å². The average molecular weight is 480 g/mol. The second kappa shape index (κ2) is 10.3. The maximum atomic E-state index is 13.0. The van der Waals surface area contributed by atoms with Crippen LogP contribution in [0.25, 0.3) is 10.6 Å². The fourth-order valence-electron chi connectivity index (χ4n) is 3.94. The van der Waals surface area contributed by atoms with Gasteiger partial charge in [-0.3, -0.25) is 9.59 Å². The van der Waals surface area contributed by atoms with E-state index in [1.54, 1.807) is 24.5 Å². The van der Waals surface area contributed by atoms with E-state index in [9.17, 15) is 9.59 Å². The molecule has 1 aliphatic heterocycles. The summed E-state index contributed by atoms with van der Waals surface area (Å²) in [7, 11) is 3.18. The lowest BCUT2D eigenvalue weighted by molar-refractivity contribution is 0.0533. The second-order valence-electron chi connectivity index (χ2n) is 8.47. The number of aromatic nitrogens is 1. The maximum Gasteiger partial charge on any atom is 0.273 e. The number of benzene rings is 2. The van der Waals surface area contributed by atoms with Gasteiger partial charge in [-0.1, -0.05) is 26.0 Å². The first-order valence-corrected chi connectivity index (χ1v) is 12.2. The van der Waals surface area contributed by atoms with Crippen LogP contribution in [0.4, 0.5) is 0 Å². The summed E-state index contributed by atoms with van der Waals surface area (Å²) >= 11 is 1.41. The second-order valence-corrected chi connectivity index (χ2v) is 9.33. The van der Waals surface area contributed by atoms with E-state index in [0.717, 1.165) is 10.6 Å². The molecule has 2 amide bonds. The minimum atomic E-state index is -0.114. The third-order valence-electron chi connectivity index (χ3n) is 6.03. The van der Waals surface area contributed by atoms with E-state index in [4.69, 9.17) is 9.47 Å². The van der Waals surface area contributed by atoms with Gasteiger partial charge in [-0.15, -0.1) is 11.3 Å². The molecule has 178 valence electrons. The molecule has 0 N–H and O–H groups in total. The lowest BCUT2D eigenvalue weighted by Gasteiger charge is -2.34. The Morgan fingerprint density at radius 1 is 0.882 bits per heavy atom. The van der Waals surface area contributed by atoms with Gasteiger partial charge in [0.05, 0.1) is 14.2 Å². The maximum absolute atomic E-state index is 13.0. The summed E-state index contributed by atoms with van der Waals surface area (Å²) in [6.07, 6.45) is 0. The van der Waals surface area contributed by atoms with Crippen LogP contribution < -0.4 is 9.47 Å². The molecule has 4 rings (SSSR count). The highest BCUT2D eigenvalue weighted by molar-refractivity contribution is 7.13. The van der Waals surface area contributed by atoms with Crippen molar-refractivity contribution >= 4 is 23.2 Å². The molecule has 34 heavy (non-hydrogen) atoms. The zero-order valence-electron chi connectivity index (χ0n) is 19.9. The minimum Gasteiger partial charge on any atom is -0.493 e. The first-order chi connectivity index (χ1) is 16.4. The summed E-state index contributed by atoms with van der Waals surface area (Å²) in [5, 5.41) is 2.52. The first-order valence-electron chi connectivity index (χ1n) is 11.3. The number of nitrogens with zero attached hydrogens (tertiary/aromatic N) is 3. The van der Waals surface area contributed by atoms with Crippen molar-refractivity contribution in [2.45, 2.75) is 19.8 Å². The molecule has 1 aliphatic rings. The van der Waals surface area contributed by atoms with Gasteiger partial charge in [0.1, 0.15) is 10.7 Å². The third kappa shape index (κ3) is 4.92. The van der Waals surface area contributed by atoms with E-state index in [2.05, 4.69) is 18.8 Å². The van der Waals surface area contributed by atoms with Crippen molar-refractivity contribution in [2.24, 2.45) is 0 Å². The van der Waals surface area contributed by atoms with Crippen molar-refractivity contribution in [3.8, 4) is 22.1 Å². The number of carbonyl (C=O) groups is 2. The van der Waals surface area contributed by atoms with Crippen LogP contribution in [0.1, 0.15) is 46.2 Å². The predicted octanol–water partition coefficient (Wildman–Crippen LogP) is 4.55. The molecule has 1 saturated heterocycles. The quantitative estimate of drug-likeness (QED) is 0.519. The fraction of sp³-hybridized carbons (Fsp3) is 0.346. The molecule has 2 aromatic carbocycles. The topological polar surface area (TPSA) is 72.0 Å². The molecular weight excluding hydrogens is 450 g/mol. The Morgan fingerprint density at radius 3 is 2.09 bits per heavy atom. The summed E-state index contributed by atoms with van der Waals surface area (Å²) in [5.41, 5.74) is 3.17. The lowest BCUT2D eigenvalue weighted by atomic mass is 10.0. The third-order valence-corrected chi connectivity index (χ3v) is 6.92. The zero-order valence-corrected chi connectivity index (χ0v) is 20.7. The van der Waals surface area contributed by atoms with E-state index < -0.39 is 0 Å². The van der Waals surface area contributed by atoms with Gasteiger partial charge in [-0.05, 0) is 41.8 Å². The first kappa shape index (κ1) is 23.8. The SMILES string of the molecule is COc1ccc(-c2nc(C(=O)N3CCN(C(=O)c4ccc(C(C)C)cc4)CC3)cs2)cc1OC. The molecular formula is C26H29N3O4S. The summed E-state index contributed by atoms with van der Waals surface area (Å²) < 4.78 is 10.7. The highest BCUT2D eigenvalue weighted by Crippen LogP contribution is 2.33. The van der Waals surface area contributed by atoms with Gasteiger partial charge in [0.15, 0.2) is 11.5 Å². The molecule has 1 aromatic heterocycles. The van der Waals surface area contributed by atoms with E-state index in [1.165, 1.54) is 16.9 Å². The molecule has 0 atom stereocenters. The number of amides is 2. The molecule has 0 spiro atoms. The Kier molecular flexibility index (Phi) is 7.17. The number of methoxy groups -OCH3 is 2. The number of piperazine rings is 1. The highest BCUT2D eigenvalue weighted by Gasteiger charge is 2.27. The van der Waals surface area contributed by atoms with Crippen LogP contribution in [0.2, 0.25) is 0 Å². The minimum absolute atomic E-state index is 0.00630. The van der Waals surface area contributed by atoms with Crippen LogP contribution in [-0.4, -0.2) is 67.0 Å². The van der Waals surface area contributed by atoms with Gasteiger partial charge in [-0.2, -0.15) is 0 Å². The van der Waals surface area contributed by atoms with Gasteiger partial charge >= 0.3 is 0 Å². The molecule has 0 unspecified atom stereocenters. The van der Waals surface area contributed by atoms with Crippen LogP contribution in [0, 0.1) is 0 Å².